The predicted octanol–water partition coefficient (Wildman–Crippen LogP) is 4.30. The summed E-state index contributed by atoms with van der Waals surface area (Å²) in [4.78, 5) is 17.3. The fourth-order valence-electron chi connectivity index (χ4n) is 3.28. The molecular formula is C22H23N3O2. The van der Waals surface area contributed by atoms with Gasteiger partial charge in [-0.2, -0.15) is 0 Å². The number of amides is 1. The first-order valence-corrected chi connectivity index (χ1v) is 9.22. The molecule has 0 spiro atoms. The third-order valence-electron chi connectivity index (χ3n) is 4.97. The highest BCUT2D eigenvalue weighted by molar-refractivity contribution is 6.03. The average Bonchev–Trinajstić information content (AvgIpc) is 3.47. The Labute approximate surface area is 159 Å². The summed E-state index contributed by atoms with van der Waals surface area (Å²) in [5, 5.41) is 2.96. The molecule has 4 rings (SSSR count). The maximum atomic E-state index is 12.6. The SMILES string of the molecule is COc1ccc(-c2c(CC3CC3)nc(NC(=O)c3ccccc3)n2C)cc1. The number of carbonyl (C=O) groups excluding carboxylic acids is 1. The molecule has 3 aromatic rings. The molecule has 1 aromatic heterocycles. The van der Waals surface area contributed by atoms with Crippen LogP contribution in [0.15, 0.2) is 54.6 Å². The third-order valence-corrected chi connectivity index (χ3v) is 4.97. The van der Waals surface area contributed by atoms with Gasteiger partial charge in [0.1, 0.15) is 5.75 Å². The number of aromatic nitrogens is 2. The lowest BCUT2D eigenvalue weighted by atomic mass is 10.1. The molecule has 1 amide bonds. The van der Waals surface area contributed by atoms with Crippen LogP contribution in [0.25, 0.3) is 11.3 Å². The highest BCUT2D eigenvalue weighted by Crippen LogP contribution is 2.37. The van der Waals surface area contributed by atoms with E-state index in [1.807, 2.05) is 54.1 Å². The summed E-state index contributed by atoms with van der Waals surface area (Å²) in [5.41, 5.74) is 3.78. The third kappa shape index (κ3) is 3.72. The normalized spacial score (nSPS) is 13.4. The molecule has 1 aliphatic rings. The first-order valence-electron chi connectivity index (χ1n) is 9.22. The van der Waals surface area contributed by atoms with E-state index in [1.54, 1.807) is 19.2 Å². The molecule has 0 unspecified atom stereocenters. The van der Waals surface area contributed by atoms with E-state index < -0.39 is 0 Å². The number of nitrogens with zero attached hydrogens (tertiary/aromatic N) is 2. The Bertz CT molecular complexity index is 942. The van der Waals surface area contributed by atoms with Crippen molar-refractivity contribution in [1.82, 2.24) is 9.55 Å². The first-order chi connectivity index (χ1) is 13.2. The van der Waals surface area contributed by atoms with Crippen LogP contribution in [0.5, 0.6) is 5.75 Å². The molecule has 1 saturated carbocycles. The van der Waals surface area contributed by atoms with E-state index in [0.717, 1.165) is 29.1 Å². The molecule has 0 atom stereocenters. The fourth-order valence-corrected chi connectivity index (χ4v) is 3.28. The molecule has 5 heteroatoms. The van der Waals surface area contributed by atoms with Crippen molar-refractivity contribution in [3.63, 3.8) is 0 Å². The van der Waals surface area contributed by atoms with Crippen LogP contribution in [0, 0.1) is 5.92 Å². The summed E-state index contributed by atoms with van der Waals surface area (Å²) < 4.78 is 7.24. The number of carbonyl (C=O) groups is 1. The van der Waals surface area contributed by atoms with Gasteiger partial charge in [0.25, 0.3) is 5.91 Å². The molecule has 5 nitrogen and oxygen atoms in total. The van der Waals surface area contributed by atoms with Crippen LogP contribution in [-0.4, -0.2) is 22.6 Å². The van der Waals surface area contributed by atoms with Gasteiger partial charge in [-0.3, -0.25) is 10.1 Å². The number of anilines is 1. The summed E-state index contributed by atoms with van der Waals surface area (Å²) in [6.45, 7) is 0. The van der Waals surface area contributed by atoms with Gasteiger partial charge < -0.3 is 9.30 Å². The smallest absolute Gasteiger partial charge is 0.257 e. The van der Waals surface area contributed by atoms with Crippen molar-refractivity contribution >= 4 is 11.9 Å². The lowest BCUT2D eigenvalue weighted by Crippen LogP contribution is -2.15. The summed E-state index contributed by atoms with van der Waals surface area (Å²) in [7, 11) is 3.61. The van der Waals surface area contributed by atoms with E-state index in [-0.39, 0.29) is 5.91 Å². The zero-order chi connectivity index (χ0) is 18.8. The van der Waals surface area contributed by atoms with Crippen molar-refractivity contribution in [2.75, 3.05) is 12.4 Å². The van der Waals surface area contributed by atoms with Gasteiger partial charge in [0.2, 0.25) is 5.95 Å². The number of benzene rings is 2. The van der Waals surface area contributed by atoms with E-state index >= 15 is 0 Å². The summed E-state index contributed by atoms with van der Waals surface area (Å²) in [5.74, 6) is 1.95. The Hall–Kier alpha value is -3.08. The molecule has 0 saturated heterocycles. The van der Waals surface area contributed by atoms with Gasteiger partial charge in [-0.05, 0) is 61.6 Å². The van der Waals surface area contributed by atoms with E-state index in [1.165, 1.54) is 12.8 Å². The van der Waals surface area contributed by atoms with Crippen LogP contribution in [0.3, 0.4) is 0 Å². The van der Waals surface area contributed by atoms with Gasteiger partial charge in [0.15, 0.2) is 0 Å². The second-order valence-corrected chi connectivity index (χ2v) is 6.99. The number of nitrogens with one attached hydrogen (secondary N) is 1. The van der Waals surface area contributed by atoms with E-state index in [0.29, 0.717) is 17.4 Å². The molecule has 1 N–H and O–H groups in total. The zero-order valence-corrected chi connectivity index (χ0v) is 15.6. The van der Waals surface area contributed by atoms with Crippen molar-refractivity contribution in [2.24, 2.45) is 13.0 Å². The minimum atomic E-state index is -0.150. The topological polar surface area (TPSA) is 56.1 Å². The van der Waals surface area contributed by atoms with Crippen LogP contribution in [0.1, 0.15) is 28.9 Å². The number of imidazole rings is 1. The molecule has 1 heterocycles. The van der Waals surface area contributed by atoms with Crippen molar-refractivity contribution < 1.29 is 9.53 Å². The van der Waals surface area contributed by atoms with Crippen LogP contribution in [0.2, 0.25) is 0 Å². The molecular weight excluding hydrogens is 338 g/mol. The minimum absolute atomic E-state index is 0.150. The van der Waals surface area contributed by atoms with Crippen molar-refractivity contribution in [3.8, 4) is 17.0 Å². The van der Waals surface area contributed by atoms with Crippen molar-refractivity contribution in [2.45, 2.75) is 19.3 Å². The second kappa shape index (κ2) is 7.27. The van der Waals surface area contributed by atoms with Crippen LogP contribution in [-0.2, 0) is 13.5 Å². The molecule has 0 bridgehead atoms. The number of hydrogen-bond acceptors (Lipinski definition) is 3. The molecule has 1 fully saturated rings. The lowest BCUT2D eigenvalue weighted by molar-refractivity contribution is 0.102. The van der Waals surface area contributed by atoms with Gasteiger partial charge in [0, 0.05) is 18.2 Å². The van der Waals surface area contributed by atoms with Gasteiger partial charge in [-0.1, -0.05) is 18.2 Å². The van der Waals surface area contributed by atoms with Gasteiger partial charge in [-0.15, -0.1) is 0 Å². The highest BCUT2D eigenvalue weighted by atomic mass is 16.5. The Morgan fingerprint density at radius 1 is 1.15 bits per heavy atom. The summed E-state index contributed by atoms with van der Waals surface area (Å²) in [6, 6.07) is 17.2. The van der Waals surface area contributed by atoms with Gasteiger partial charge in [0.05, 0.1) is 18.5 Å². The van der Waals surface area contributed by atoms with Crippen molar-refractivity contribution in [1.29, 1.82) is 0 Å². The fraction of sp³-hybridized carbons (Fsp3) is 0.273. The molecule has 0 aliphatic heterocycles. The maximum Gasteiger partial charge on any atom is 0.257 e. The Morgan fingerprint density at radius 2 is 1.85 bits per heavy atom. The molecule has 138 valence electrons. The minimum Gasteiger partial charge on any atom is -0.497 e. The predicted molar refractivity (Wildman–Crippen MR) is 106 cm³/mol. The highest BCUT2D eigenvalue weighted by Gasteiger charge is 2.26. The van der Waals surface area contributed by atoms with Crippen molar-refractivity contribution in [3.05, 3.63) is 65.9 Å². The number of hydrogen-bond donors (Lipinski definition) is 1. The number of rotatable bonds is 6. The largest absolute Gasteiger partial charge is 0.497 e. The van der Waals surface area contributed by atoms with Gasteiger partial charge >= 0.3 is 0 Å². The van der Waals surface area contributed by atoms with Crippen LogP contribution in [0.4, 0.5) is 5.95 Å². The number of methoxy groups -OCH3 is 1. The van der Waals surface area contributed by atoms with Gasteiger partial charge in [-0.25, -0.2) is 4.98 Å². The van der Waals surface area contributed by atoms with E-state index in [9.17, 15) is 4.79 Å². The summed E-state index contributed by atoms with van der Waals surface area (Å²) >= 11 is 0. The van der Waals surface area contributed by atoms with E-state index in [2.05, 4.69) is 5.32 Å². The monoisotopic (exact) mass is 361 g/mol. The second-order valence-electron chi connectivity index (χ2n) is 6.99. The Kier molecular flexibility index (Phi) is 4.67. The summed E-state index contributed by atoms with van der Waals surface area (Å²) in [6.07, 6.45) is 3.45. The zero-order valence-electron chi connectivity index (χ0n) is 15.6. The molecule has 2 aromatic carbocycles. The number of ether oxygens (including phenoxy) is 1. The quantitative estimate of drug-likeness (QED) is 0.712. The Balaban J connectivity index is 1.68. The molecule has 1 aliphatic carbocycles. The lowest BCUT2D eigenvalue weighted by Gasteiger charge is -2.09. The Morgan fingerprint density at radius 3 is 2.48 bits per heavy atom. The molecule has 27 heavy (non-hydrogen) atoms. The van der Waals surface area contributed by atoms with Crippen LogP contribution >= 0.6 is 0 Å². The average molecular weight is 361 g/mol. The first kappa shape index (κ1) is 17.3. The molecule has 0 radical (unpaired) electrons. The van der Waals surface area contributed by atoms with E-state index in [4.69, 9.17) is 9.72 Å². The van der Waals surface area contributed by atoms with Crippen LogP contribution < -0.4 is 10.1 Å². The maximum absolute atomic E-state index is 12.6. The standard InChI is InChI=1S/C22H23N3O2/c1-25-20(16-10-12-18(27-2)13-11-16)19(14-15-8-9-15)23-22(25)24-21(26)17-6-4-3-5-7-17/h3-7,10-13,15H,8-9,14H2,1-2H3,(H,23,24,26).